The first-order chi connectivity index (χ1) is 10.00. The minimum atomic E-state index is -3.34. The number of hydrogen-bond donors (Lipinski definition) is 2. The maximum absolute atomic E-state index is 11.4. The molecule has 1 aromatic heterocycles. The van der Waals surface area contributed by atoms with Crippen LogP contribution in [0.2, 0.25) is 5.02 Å². The molecule has 0 radical (unpaired) electrons. The van der Waals surface area contributed by atoms with Gasteiger partial charge in [-0.1, -0.05) is 29.8 Å². The molecule has 6 nitrogen and oxygen atoms in total. The summed E-state index contributed by atoms with van der Waals surface area (Å²) < 4.78 is 25.1. The van der Waals surface area contributed by atoms with Crippen LogP contribution in [-0.2, 0) is 16.6 Å². The van der Waals surface area contributed by atoms with Gasteiger partial charge in [0.2, 0.25) is 10.0 Å². The monoisotopic (exact) mass is 326 g/mol. The van der Waals surface area contributed by atoms with E-state index in [4.69, 9.17) is 11.6 Å². The molecule has 0 aliphatic heterocycles. The molecule has 0 saturated heterocycles. The maximum Gasteiger partial charge on any atom is 0.233 e. The molecule has 2 N–H and O–H groups in total. The lowest BCUT2D eigenvalue weighted by atomic mass is 10.2. The first kappa shape index (κ1) is 15.5. The first-order valence-corrected chi connectivity index (χ1v) is 8.34. The van der Waals surface area contributed by atoms with E-state index >= 15 is 0 Å². The molecular weight excluding hydrogens is 312 g/mol. The summed E-state index contributed by atoms with van der Waals surface area (Å²) in [6.07, 6.45) is 0. The molecule has 2 aromatic rings. The van der Waals surface area contributed by atoms with E-state index in [0.717, 1.165) is 5.56 Å². The third-order valence-electron chi connectivity index (χ3n) is 2.72. The summed E-state index contributed by atoms with van der Waals surface area (Å²) in [5.74, 6) is 0.718. The Morgan fingerprint density at radius 2 is 1.76 bits per heavy atom. The Bertz CT molecular complexity index is 704. The summed E-state index contributed by atoms with van der Waals surface area (Å²) in [5, 5.41) is 11.5. The second-order valence-electron chi connectivity index (χ2n) is 4.25. The SMILES string of the molecule is CCS(=O)(=O)Nc1ccc(NCc2ccccc2Cl)nn1. The molecule has 0 bridgehead atoms. The second kappa shape index (κ2) is 6.73. The largest absolute Gasteiger partial charge is 0.364 e. The van der Waals surface area contributed by atoms with Crippen LogP contribution in [0.1, 0.15) is 12.5 Å². The van der Waals surface area contributed by atoms with Gasteiger partial charge in [0, 0.05) is 11.6 Å². The molecule has 0 aliphatic carbocycles. The van der Waals surface area contributed by atoms with Crippen molar-refractivity contribution >= 4 is 33.3 Å². The standard InChI is InChI=1S/C13H15ClN4O2S/c1-2-21(19,20)18-13-8-7-12(16-17-13)15-9-10-5-3-4-6-11(10)14/h3-8H,2,9H2,1H3,(H,15,16)(H,17,18). The van der Waals surface area contributed by atoms with E-state index in [9.17, 15) is 8.42 Å². The molecule has 0 saturated carbocycles. The Balaban J connectivity index is 1.98. The zero-order valence-corrected chi connectivity index (χ0v) is 12.9. The molecule has 112 valence electrons. The Labute approximate surface area is 128 Å². The highest BCUT2D eigenvalue weighted by atomic mass is 35.5. The van der Waals surface area contributed by atoms with Crippen LogP contribution < -0.4 is 10.0 Å². The lowest BCUT2D eigenvalue weighted by molar-refractivity contribution is 0.602. The Hall–Kier alpha value is -1.86. The summed E-state index contributed by atoms with van der Waals surface area (Å²) in [5.41, 5.74) is 0.941. The smallest absolute Gasteiger partial charge is 0.233 e. The Morgan fingerprint density at radius 1 is 1.10 bits per heavy atom. The second-order valence-corrected chi connectivity index (χ2v) is 6.67. The van der Waals surface area contributed by atoms with Crippen molar-refractivity contribution in [2.45, 2.75) is 13.5 Å². The average Bonchev–Trinajstić information content (AvgIpc) is 2.48. The topological polar surface area (TPSA) is 84.0 Å². The number of nitrogens with one attached hydrogen (secondary N) is 2. The Kier molecular flexibility index (Phi) is 4.98. The molecular formula is C13H15ClN4O2S. The number of benzene rings is 1. The number of aromatic nitrogens is 2. The van der Waals surface area contributed by atoms with Crippen molar-refractivity contribution in [3.05, 3.63) is 47.0 Å². The fourth-order valence-electron chi connectivity index (χ4n) is 1.54. The highest BCUT2D eigenvalue weighted by Crippen LogP contribution is 2.16. The first-order valence-electron chi connectivity index (χ1n) is 6.31. The van der Waals surface area contributed by atoms with E-state index in [0.29, 0.717) is 17.4 Å². The van der Waals surface area contributed by atoms with Crippen molar-refractivity contribution in [1.82, 2.24) is 10.2 Å². The van der Waals surface area contributed by atoms with E-state index < -0.39 is 10.0 Å². The fourth-order valence-corrected chi connectivity index (χ4v) is 2.31. The number of nitrogens with zero attached hydrogens (tertiary/aromatic N) is 2. The Morgan fingerprint density at radius 3 is 2.38 bits per heavy atom. The summed E-state index contributed by atoms with van der Waals surface area (Å²) in [7, 11) is -3.34. The van der Waals surface area contributed by atoms with E-state index in [2.05, 4.69) is 20.2 Å². The number of hydrogen-bond acceptors (Lipinski definition) is 5. The summed E-state index contributed by atoms with van der Waals surface area (Å²) in [6, 6.07) is 10.7. The van der Waals surface area contributed by atoms with Gasteiger partial charge in [-0.25, -0.2) is 8.42 Å². The zero-order valence-electron chi connectivity index (χ0n) is 11.4. The molecule has 0 amide bonds. The van der Waals surface area contributed by atoms with E-state index in [1.807, 2.05) is 24.3 Å². The molecule has 1 aromatic carbocycles. The highest BCUT2D eigenvalue weighted by molar-refractivity contribution is 7.92. The van der Waals surface area contributed by atoms with Gasteiger partial charge in [-0.05, 0) is 30.7 Å². The fraction of sp³-hybridized carbons (Fsp3) is 0.231. The van der Waals surface area contributed by atoms with Gasteiger partial charge in [0.25, 0.3) is 0 Å². The summed E-state index contributed by atoms with van der Waals surface area (Å²) >= 11 is 6.05. The van der Waals surface area contributed by atoms with Gasteiger partial charge in [-0.3, -0.25) is 4.72 Å². The van der Waals surface area contributed by atoms with Gasteiger partial charge in [0.15, 0.2) is 5.82 Å². The lowest BCUT2D eigenvalue weighted by Gasteiger charge is -2.08. The third kappa shape index (κ3) is 4.57. The highest BCUT2D eigenvalue weighted by Gasteiger charge is 2.08. The van der Waals surface area contributed by atoms with Gasteiger partial charge in [-0.2, -0.15) is 0 Å². The van der Waals surface area contributed by atoms with Crippen molar-refractivity contribution < 1.29 is 8.42 Å². The lowest BCUT2D eigenvalue weighted by Crippen LogP contribution is -2.16. The van der Waals surface area contributed by atoms with Crippen LogP contribution in [0.3, 0.4) is 0 Å². The van der Waals surface area contributed by atoms with E-state index in [1.54, 1.807) is 19.1 Å². The number of rotatable bonds is 6. The molecule has 0 aliphatic rings. The maximum atomic E-state index is 11.4. The predicted molar refractivity (Wildman–Crippen MR) is 83.9 cm³/mol. The molecule has 0 unspecified atom stereocenters. The van der Waals surface area contributed by atoms with E-state index in [-0.39, 0.29) is 11.6 Å². The molecule has 0 fully saturated rings. The van der Waals surface area contributed by atoms with Gasteiger partial charge >= 0.3 is 0 Å². The summed E-state index contributed by atoms with van der Waals surface area (Å²) in [6.45, 7) is 2.06. The van der Waals surface area contributed by atoms with Crippen molar-refractivity contribution in [3.63, 3.8) is 0 Å². The van der Waals surface area contributed by atoms with Crippen LogP contribution in [0.5, 0.6) is 0 Å². The molecule has 1 heterocycles. The molecule has 8 heteroatoms. The van der Waals surface area contributed by atoms with Gasteiger partial charge in [0.1, 0.15) is 5.82 Å². The van der Waals surface area contributed by atoms with Crippen molar-refractivity contribution in [2.24, 2.45) is 0 Å². The van der Waals surface area contributed by atoms with E-state index in [1.165, 1.54) is 0 Å². The normalized spacial score (nSPS) is 11.1. The number of anilines is 2. The van der Waals surface area contributed by atoms with Crippen LogP contribution in [0, 0.1) is 0 Å². The van der Waals surface area contributed by atoms with Crippen LogP contribution in [0.15, 0.2) is 36.4 Å². The third-order valence-corrected chi connectivity index (χ3v) is 4.37. The van der Waals surface area contributed by atoms with Gasteiger partial charge in [-0.15, -0.1) is 10.2 Å². The van der Waals surface area contributed by atoms with Crippen molar-refractivity contribution in [1.29, 1.82) is 0 Å². The van der Waals surface area contributed by atoms with Crippen molar-refractivity contribution in [2.75, 3.05) is 15.8 Å². The molecule has 2 rings (SSSR count). The average molecular weight is 327 g/mol. The van der Waals surface area contributed by atoms with Crippen molar-refractivity contribution in [3.8, 4) is 0 Å². The zero-order chi connectivity index (χ0) is 15.3. The minimum absolute atomic E-state index is 0.0127. The molecule has 0 atom stereocenters. The van der Waals surface area contributed by atoms with Gasteiger partial charge in [0.05, 0.1) is 5.75 Å². The van der Waals surface area contributed by atoms with Crippen LogP contribution in [0.25, 0.3) is 0 Å². The quantitative estimate of drug-likeness (QED) is 0.852. The predicted octanol–water partition coefficient (Wildman–Crippen LogP) is 2.50. The van der Waals surface area contributed by atoms with Crippen LogP contribution in [0.4, 0.5) is 11.6 Å². The molecule has 0 spiro atoms. The summed E-state index contributed by atoms with van der Waals surface area (Å²) in [4.78, 5) is 0. The minimum Gasteiger partial charge on any atom is -0.364 e. The number of halogens is 1. The van der Waals surface area contributed by atoms with Crippen LogP contribution in [-0.4, -0.2) is 24.4 Å². The molecule has 21 heavy (non-hydrogen) atoms. The van der Waals surface area contributed by atoms with Gasteiger partial charge < -0.3 is 5.32 Å². The van der Waals surface area contributed by atoms with Crippen LogP contribution >= 0.6 is 11.6 Å². The number of sulfonamides is 1.